The first kappa shape index (κ1) is 13.5. The number of esters is 1. The maximum Gasteiger partial charge on any atom is 0.356 e. The Kier molecular flexibility index (Phi) is 4.52. The van der Waals surface area contributed by atoms with Crippen LogP contribution in [0.4, 0.5) is 0 Å². The smallest absolute Gasteiger partial charge is 0.356 e. The molecule has 0 N–H and O–H groups in total. The Morgan fingerprint density at radius 2 is 1.95 bits per heavy atom. The van der Waals surface area contributed by atoms with Gasteiger partial charge in [0, 0.05) is 0 Å². The normalized spacial score (nSPS) is 10.0. The summed E-state index contributed by atoms with van der Waals surface area (Å²) >= 11 is 3.27. The number of carbonyl (C=O) groups is 1. The van der Waals surface area contributed by atoms with Crippen LogP contribution in [0.1, 0.15) is 16.1 Å². The van der Waals surface area contributed by atoms with Gasteiger partial charge in [-0.25, -0.2) is 9.78 Å². The predicted octanol–water partition coefficient (Wildman–Crippen LogP) is 3.21. The minimum Gasteiger partial charge on any atom is -0.486 e. The zero-order valence-corrected chi connectivity index (χ0v) is 11.9. The Morgan fingerprint density at radius 1 is 1.21 bits per heavy atom. The highest BCUT2D eigenvalue weighted by Crippen LogP contribution is 2.24. The third kappa shape index (κ3) is 3.54. The molecule has 0 unspecified atom stereocenters. The van der Waals surface area contributed by atoms with Crippen molar-refractivity contribution < 1.29 is 14.3 Å². The van der Waals surface area contributed by atoms with Crippen LogP contribution in [0.15, 0.2) is 47.1 Å². The molecule has 2 aromatic rings. The molecule has 19 heavy (non-hydrogen) atoms. The van der Waals surface area contributed by atoms with Gasteiger partial charge in [-0.15, -0.1) is 0 Å². The van der Waals surface area contributed by atoms with E-state index in [1.807, 2.05) is 30.3 Å². The summed E-state index contributed by atoms with van der Waals surface area (Å²) < 4.78 is 10.7. The highest BCUT2D eigenvalue weighted by molar-refractivity contribution is 9.10. The van der Waals surface area contributed by atoms with E-state index >= 15 is 0 Å². The lowest BCUT2D eigenvalue weighted by molar-refractivity contribution is 0.0593. The monoisotopic (exact) mass is 321 g/mol. The molecule has 2 rings (SSSR count). The molecule has 0 saturated carbocycles. The van der Waals surface area contributed by atoms with Crippen LogP contribution in [-0.4, -0.2) is 18.1 Å². The molecule has 0 aliphatic rings. The van der Waals surface area contributed by atoms with Crippen molar-refractivity contribution >= 4 is 21.9 Å². The number of methoxy groups -OCH3 is 1. The molecule has 0 radical (unpaired) electrons. The zero-order valence-electron chi connectivity index (χ0n) is 10.3. The van der Waals surface area contributed by atoms with E-state index in [0.717, 1.165) is 5.56 Å². The third-order valence-electron chi connectivity index (χ3n) is 2.45. The molecule has 4 nitrogen and oxygen atoms in total. The van der Waals surface area contributed by atoms with Crippen molar-refractivity contribution in [3.8, 4) is 5.75 Å². The summed E-state index contributed by atoms with van der Waals surface area (Å²) in [6, 6.07) is 13.1. The predicted molar refractivity (Wildman–Crippen MR) is 74.1 cm³/mol. The first-order valence-corrected chi connectivity index (χ1v) is 6.41. The minimum absolute atomic E-state index is 0.237. The summed E-state index contributed by atoms with van der Waals surface area (Å²) in [4.78, 5) is 15.4. The zero-order chi connectivity index (χ0) is 13.7. The highest BCUT2D eigenvalue weighted by atomic mass is 79.9. The Bertz CT molecular complexity index is 572. The largest absolute Gasteiger partial charge is 0.486 e. The van der Waals surface area contributed by atoms with Crippen LogP contribution in [0.5, 0.6) is 5.75 Å². The molecule has 98 valence electrons. The topological polar surface area (TPSA) is 48.4 Å². The van der Waals surface area contributed by atoms with Gasteiger partial charge in [0.25, 0.3) is 0 Å². The number of hydrogen-bond donors (Lipinski definition) is 0. The summed E-state index contributed by atoms with van der Waals surface area (Å²) in [6.45, 7) is 0.443. The summed E-state index contributed by atoms with van der Waals surface area (Å²) in [5.74, 6) is 0.104. The second-order valence-corrected chi connectivity index (χ2v) is 4.50. The van der Waals surface area contributed by atoms with E-state index in [9.17, 15) is 4.79 Å². The van der Waals surface area contributed by atoms with Crippen molar-refractivity contribution in [1.29, 1.82) is 0 Å². The highest BCUT2D eigenvalue weighted by Gasteiger charge is 2.11. The van der Waals surface area contributed by atoms with Gasteiger partial charge in [0.2, 0.25) is 0 Å². The van der Waals surface area contributed by atoms with Crippen LogP contribution < -0.4 is 4.74 Å². The first-order valence-electron chi connectivity index (χ1n) is 5.62. The Morgan fingerprint density at radius 3 is 2.58 bits per heavy atom. The van der Waals surface area contributed by atoms with Gasteiger partial charge in [-0.1, -0.05) is 30.3 Å². The van der Waals surface area contributed by atoms with Gasteiger partial charge in [0.15, 0.2) is 5.75 Å². The van der Waals surface area contributed by atoms with Gasteiger partial charge in [-0.3, -0.25) is 0 Å². The van der Waals surface area contributed by atoms with E-state index in [4.69, 9.17) is 4.74 Å². The number of pyridine rings is 1. The Labute approximate surface area is 119 Å². The number of halogens is 1. The summed E-state index contributed by atoms with van der Waals surface area (Å²) in [5.41, 5.74) is 1.30. The van der Waals surface area contributed by atoms with Crippen molar-refractivity contribution in [1.82, 2.24) is 4.98 Å². The maximum absolute atomic E-state index is 11.3. The summed E-state index contributed by atoms with van der Waals surface area (Å²) in [7, 11) is 1.32. The van der Waals surface area contributed by atoms with E-state index in [-0.39, 0.29) is 5.69 Å². The molecule has 0 amide bonds. The molecule has 0 atom stereocenters. The second-order valence-electron chi connectivity index (χ2n) is 3.75. The van der Waals surface area contributed by atoms with Gasteiger partial charge in [-0.05, 0) is 33.6 Å². The van der Waals surface area contributed by atoms with Gasteiger partial charge >= 0.3 is 5.97 Å². The minimum atomic E-state index is -0.477. The average molecular weight is 322 g/mol. The molecule has 0 saturated heterocycles. The fraction of sp³-hybridized carbons (Fsp3) is 0.143. The number of nitrogens with zero attached hydrogens (tertiary/aromatic N) is 1. The molecule has 1 aromatic carbocycles. The van der Waals surface area contributed by atoms with Gasteiger partial charge in [0.05, 0.1) is 7.11 Å². The molecule has 5 heteroatoms. The van der Waals surface area contributed by atoms with E-state index in [2.05, 4.69) is 25.7 Å². The van der Waals surface area contributed by atoms with E-state index in [0.29, 0.717) is 17.0 Å². The van der Waals surface area contributed by atoms with Crippen LogP contribution in [0.2, 0.25) is 0 Å². The SMILES string of the molecule is COC(=O)c1ccc(OCc2ccccc2)c(Br)n1. The second kappa shape index (κ2) is 6.33. The average Bonchev–Trinajstić information content (AvgIpc) is 2.46. The maximum atomic E-state index is 11.3. The molecule has 1 aromatic heterocycles. The Balaban J connectivity index is 2.07. The lowest BCUT2D eigenvalue weighted by atomic mass is 10.2. The molecule has 0 aliphatic carbocycles. The van der Waals surface area contributed by atoms with Crippen LogP contribution in [0.3, 0.4) is 0 Å². The van der Waals surface area contributed by atoms with E-state index < -0.39 is 5.97 Å². The van der Waals surface area contributed by atoms with Crippen molar-refractivity contribution in [2.45, 2.75) is 6.61 Å². The standard InChI is InChI=1S/C14H12BrNO3/c1-18-14(17)11-7-8-12(13(15)16-11)19-9-10-5-3-2-4-6-10/h2-8H,9H2,1H3. The Hall–Kier alpha value is -1.88. The van der Waals surface area contributed by atoms with Crippen molar-refractivity contribution in [3.63, 3.8) is 0 Å². The van der Waals surface area contributed by atoms with E-state index in [1.54, 1.807) is 12.1 Å². The third-order valence-corrected chi connectivity index (χ3v) is 3.01. The van der Waals surface area contributed by atoms with Crippen molar-refractivity contribution in [3.05, 3.63) is 58.3 Å². The van der Waals surface area contributed by atoms with Crippen LogP contribution >= 0.6 is 15.9 Å². The van der Waals surface area contributed by atoms with Gasteiger partial charge < -0.3 is 9.47 Å². The number of carbonyl (C=O) groups excluding carboxylic acids is 1. The molecule has 1 heterocycles. The van der Waals surface area contributed by atoms with Crippen LogP contribution in [0.25, 0.3) is 0 Å². The number of benzene rings is 1. The van der Waals surface area contributed by atoms with Crippen molar-refractivity contribution in [2.75, 3.05) is 7.11 Å². The van der Waals surface area contributed by atoms with Gasteiger partial charge in [0.1, 0.15) is 16.9 Å². The van der Waals surface area contributed by atoms with Crippen LogP contribution in [-0.2, 0) is 11.3 Å². The molecular formula is C14H12BrNO3. The van der Waals surface area contributed by atoms with E-state index in [1.165, 1.54) is 7.11 Å². The lowest BCUT2D eigenvalue weighted by Gasteiger charge is -2.08. The molecule has 0 spiro atoms. The molecular weight excluding hydrogens is 310 g/mol. The lowest BCUT2D eigenvalue weighted by Crippen LogP contribution is -2.05. The van der Waals surface area contributed by atoms with Gasteiger partial charge in [-0.2, -0.15) is 0 Å². The fourth-order valence-corrected chi connectivity index (χ4v) is 1.92. The molecule has 0 aliphatic heterocycles. The van der Waals surface area contributed by atoms with Crippen LogP contribution in [0, 0.1) is 0 Å². The first-order chi connectivity index (χ1) is 9.20. The molecule has 0 fully saturated rings. The van der Waals surface area contributed by atoms with Crippen molar-refractivity contribution in [2.24, 2.45) is 0 Å². The number of aromatic nitrogens is 1. The summed E-state index contributed by atoms with van der Waals surface area (Å²) in [6.07, 6.45) is 0. The molecule has 0 bridgehead atoms. The fourth-order valence-electron chi connectivity index (χ4n) is 1.48. The quantitative estimate of drug-likeness (QED) is 0.641. The number of ether oxygens (including phenoxy) is 2. The number of rotatable bonds is 4. The number of hydrogen-bond acceptors (Lipinski definition) is 4. The summed E-state index contributed by atoms with van der Waals surface area (Å²) in [5, 5.41) is 0.